The SMILES string of the molecule is O=C([C@@H]1CCCN1)N1CCOC[C@H]2CCC[C@@H]21. The zero-order valence-electron chi connectivity index (χ0n) is 10.4. The van der Waals surface area contributed by atoms with Crippen LogP contribution < -0.4 is 5.32 Å². The van der Waals surface area contributed by atoms with Gasteiger partial charge in [0.05, 0.1) is 19.3 Å². The molecule has 0 bridgehead atoms. The summed E-state index contributed by atoms with van der Waals surface area (Å²) in [7, 11) is 0. The average Bonchev–Trinajstić information content (AvgIpc) is 2.97. The summed E-state index contributed by atoms with van der Waals surface area (Å²) < 4.78 is 5.64. The molecule has 0 aromatic carbocycles. The van der Waals surface area contributed by atoms with E-state index in [2.05, 4.69) is 10.2 Å². The highest BCUT2D eigenvalue weighted by Gasteiger charge is 2.38. The standard InChI is InChI=1S/C13H22N2O2/c16-13(11-4-2-6-14-11)15-7-8-17-9-10-3-1-5-12(10)15/h10-12,14H,1-9H2/t10-,11+,12+/m1/s1. The third-order valence-electron chi connectivity index (χ3n) is 4.47. The van der Waals surface area contributed by atoms with Crippen molar-refractivity contribution in [3.63, 3.8) is 0 Å². The number of rotatable bonds is 1. The number of carbonyl (C=O) groups excluding carboxylic acids is 1. The quantitative estimate of drug-likeness (QED) is 0.733. The van der Waals surface area contributed by atoms with Gasteiger partial charge in [0.1, 0.15) is 0 Å². The van der Waals surface area contributed by atoms with Crippen LogP contribution in [0.3, 0.4) is 0 Å². The van der Waals surface area contributed by atoms with Crippen molar-refractivity contribution >= 4 is 5.91 Å². The van der Waals surface area contributed by atoms with E-state index in [9.17, 15) is 4.79 Å². The third kappa shape index (κ3) is 2.20. The molecule has 0 unspecified atom stereocenters. The Hall–Kier alpha value is -0.610. The first-order chi connectivity index (χ1) is 8.36. The molecule has 96 valence electrons. The second-order valence-electron chi connectivity index (χ2n) is 5.51. The normalized spacial score (nSPS) is 37.9. The van der Waals surface area contributed by atoms with Crippen LogP contribution in [-0.2, 0) is 9.53 Å². The fraction of sp³-hybridized carbons (Fsp3) is 0.923. The molecule has 2 aliphatic heterocycles. The van der Waals surface area contributed by atoms with Crippen molar-refractivity contribution in [3.8, 4) is 0 Å². The summed E-state index contributed by atoms with van der Waals surface area (Å²) in [4.78, 5) is 14.6. The molecule has 4 nitrogen and oxygen atoms in total. The highest BCUT2D eigenvalue weighted by atomic mass is 16.5. The van der Waals surface area contributed by atoms with Gasteiger partial charge in [0.25, 0.3) is 0 Å². The molecule has 0 radical (unpaired) electrons. The zero-order chi connectivity index (χ0) is 11.7. The molecular weight excluding hydrogens is 216 g/mol. The van der Waals surface area contributed by atoms with E-state index in [1.807, 2.05) is 0 Å². The van der Waals surface area contributed by atoms with Gasteiger partial charge in [0.15, 0.2) is 0 Å². The number of nitrogens with zero attached hydrogens (tertiary/aromatic N) is 1. The Morgan fingerprint density at radius 2 is 2.18 bits per heavy atom. The van der Waals surface area contributed by atoms with Crippen molar-refractivity contribution in [3.05, 3.63) is 0 Å². The Morgan fingerprint density at radius 3 is 3.00 bits per heavy atom. The Labute approximate surface area is 103 Å². The Balaban J connectivity index is 1.72. The molecule has 3 fully saturated rings. The van der Waals surface area contributed by atoms with Crippen molar-refractivity contribution in [2.75, 3.05) is 26.3 Å². The molecule has 1 saturated carbocycles. The van der Waals surface area contributed by atoms with Crippen LogP contribution in [0, 0.1) is 5.92 Å². The molecule has 3 rings (SSSR count). The van der Waals surface area contributed by atoms with Gasteiger partial charge >= 0.3 is 0 Å². The first kappa shape index (κ1) is 11.5. The lowest BCUT2D eigenvalue weighted by atomic mass is 10.0. The number of amides is 1. The summed E-state index contributed by atoms with van der Waals surface area (Å²) in [6, 6.07) is 0.529. The van der Waals surface area contributed by atoms with Crippen molar-refractivity contribution in [2.24, 2.45) is 5.92 Å². The summed E-state index contributed by atoms with van der Waals surface area (Å²) in [6.45, 7) is 3.35. The van der Waals surface area contributed by atoms with Gasteiger partial charge in [-0.25, -0.2) is 0 Å². The summed E-state index contributed by atoms with van der Waals surface area (Å²) in [5, 5.41) is 3.32. The van der Waals surface area contributed by atoms with Crippen molar-refractivity contribution < 1.29 is 9.53 Å². The third-order valence-corrected chi connectivity index (χ3v) is 4.47. The van der Waals surface area contributed by atoms with E-state index in [1.165, 1.54) is 19.3 Å². The van der Waals surface area contributed by atoms with Crippen LogP contribution in [-0.4, -0.2) is 49.2 Å². The lowest BCUT2D eigenvalue weighted by molar-refractivity contribution is -0.135. The van der Waals surface area contributed by atoms with E-state index in [0.717, 1.165) is 32.5 Å². The minimum Gasteiger partial charge on any atom is -0.379 e. The maximum absolute atomic E-state index is 12.5. The molecule has 1 amide bonds. The Morgan fingerprint density at radius 1 is 1.24 bits per heavy atom. The fourth-order valence-corrected chi connectivity index (χ4v) is 3.55. The molecule has 4 heteroatoms. The molecule has 0 aromatic rings. The minimum atomic E-state index is 0.0781. The highest BCUT2D eigenvalue weighted by Crippen LogP contribution is 2.32. The van der Waals surface area contributed by atoms with Crippen LogP contribution in [0.5, 0.6) is 0 Å². The van der Waals surface area contributed by atoms with Gasteiger partial charge in [-0.1, -0.05) is 6.42 Å². The fourth-order valence-electron chi connectivity index (χ4n) is 3.55. The molecular formula is C13H22N2O2. The first-order valence-corrected chi connectivity index (χ1v) is 6.98. The lowest BCUT2D eigenvalue weighted by Gasteiger charge is -2.32. The number of fused-ring (bicyclic) bond motifs is 1. The van der Waals surface area contributed by atoms with E-state index >= 15 is 0 Å². The van der Waals surface area contributed by atoms with Crippen LogP contribution in [0.2, 0.25) is 0 Å². The van der Waals surface area contributed by atoms with Gasteiger partial charge < -0.3 is 15.0 Å². The predicted octanol–water partition coefficient (Wildman–Crippen LogP) is 0.766. The van der Waals surface area contributed by atoms with Gasteiger partial charge in [-0.3, -0.25) is 4.79 Å². The molecule has 2 saturated heterocycles. The van der Waals surface area contributed by atoms with Crippen LogP contribution in [0.25, 0.3) is 0 Å². The van der Waals surface area contributed by atoms with Gasteiger partial charge in [0.2, 0.25) is 5.91 Å². The van der Waals surface area contributed by atoms with Crippen LogP contribution in [0.1, 0.15) is 32.1 Å². The summed E-state index contributed by atoms with van der Waals surface area (Å²) in [5.41, 5.74) is 0. The van der Waals surface area contributed by atoms with E-state index in [4.69, 9.17) is 4.74 Å². The van der Waals surface area contributed by atoms with Gasteiger partial charge in [-0.15, -0.1) is 0 Å². The summed E-state index contributed by atoms with van der Waals surface area (Å²) >= 11 is 0. The van der Waals surface area contributed by atoms with Crippen molar-refractivity contribution in [1.82, 2.24) is 10.2 Å². The van der Waals surface area contributed by atoms with Gasteiger partial charge in [-0.05, 0) is 32.2 Å². The second kappa shape index (κ2) is 4.94. The second-order valence-corrected chi connectivity index (χ2v) is 5.51. The van der Waals surface area contributed by atoms with Crippen LogP contribution >= 0.6 is 0 Å². The number of carbonyl (C=O) groups is 1. The van der Waals surface area contributed by atoms with E-state index in [1.54, 1.807) is 0 Å². The zero-order valence-corrected chi connectivity index (χ0v) is 10.4. The molecule has 2 heterocycles. The molecule has 0 aromatic heterocycles. The highest BCUT2D eigenvalue weighted by molar-refractivity contribution is 5.82. The molecule has 3 atom stereocenters. The number of nitrogens with one attached hydrogen (secondary N) is 1. The van der Waals surface area contributed by atoms with Crippen molar-refractivity contribution in [2.45, 2.75) is 44.2 Å². The van der Waals surface area contributed by atoms with Gasteiger partial charge in [-0.2, -0.15) is 0 Å². The summed E-state index contributed by atoms with van der Waals surface area (Å²) in [6.07, 6.45) is 5.79. The maximum atomic E-state index is 12.5. The Kier molecular flexibility index (Phi) is 3.34. The van der Waals surface area contributed by atoms with Crippen LogP contribution in [0.15, 0.2) is 0 Å². The first-order valence-electron chi connectivity index (χ1n) is 6.98. The smallest absolute Gasteiger partial charge is 0.240 e. The van der Waals surface area contributed by atoms with Crippen molar-refractivity contribution in [1.29, 1.82) is 0 Å². The van der Waals surface area contributed by atoms with E-state index < -0.39 is 0 Å². The average molecular weight is 238 g/mol. The summed E-state index contributed by atoms with van der Waals surface area (Å²) in [5.74, 6) is 0.910. The predicted molar refractivity (Wildman–Crippen MR) is 64.7 cm³/mol. The van der Waals surface area contributed by atoms with Gasteiger partial charge in [0, 0.05) is 18.5 Å². The monoisotopic (exact) mass is 238 g/mol. The molecule has 1 N–H and O–H groups in total. The Bertz CT molecular complexity index is 289. The number of hydrogen-bond donors (Lipinski definition) is 1. The topological polar surface area (TPSA) is 41.6 Å². The van der Waals surface area contributed by atoms with Crippen LogP contribution in [0.4, 0.5) is 0 Å². The molecule has 0 spiro atoms. The minimum absolute atomic E-state index is 0.0781. The maximum Gasteiger partial charge on any atom is 0.240 e. The number of ether oxygens (including phenoxy) is 1. The van der Waals surface area contributed by atoms with E-state index in [-0.39, 0.29) is 6.04 Å². The molecule has 1 aliphatic carbocycles. The lowest BCUT2D eigenvalue weighted by Crippen LogP contribution is -2.49. The van der Waals surface area contributed by atoms with E-state index in [0.29, 0.717) is 24.5 Å². The number of hydrogen-bond acceptors (Lipinski definition) is 3. The largest absolute Gasteiger partial charge is 0.379 e. The molecule has 17 heavy (non-hydrogen) atoms. The molecule has 3 aliphatic rings.